The number of hydrogen-bond acceptors (Lipinski definition) is 4. The van der Waals surface area contributed by atoms with E-state index >= 15 is 0 Å². The van der Waals surface area contributed by atoms with Crippen LogP contribution in [0.25, 0.3) is 11.1 Å². The van der Waals surface area contributed by atoms with Gasteiger partial charge in [-0.05, 0) is 29.3 Å². The average molecular weight is 274 g/mol. The largest absolute Gasteiger partial charge is 0.497 e. The normalized spacial score (nSPS) is 10.1. The number of methoxy groups -OCH3 is 2. The molecule has 0 N–H and O–H groups in total. The van der Waals surface area contributed by atoms with Gasteiger partial charge in [-0.2, -0.15) is 0 Å². The summed E-state index contributed by atoms with van der Waals surface area (Å²) in [5.41, 5.74) is 2.26. The molecule has 19 heavy (non-hydrogen) atoms. The van der Waals surface area contributed by atoms with Gasteiger partial charge >= 0.3 is 5.97 Å². The maximum atomic E-state index is 11.6. The van der Waals surface area contributed by atoms with Gasteiger partial charge in [0.1, 0.15) is 5.75 Å². The summed E-state index contributed by atoms with van der Waals surface area (Å²) in [6.07, 6.45) is 0. The Bertz CT molecular complexity index is 608. The molecule has 0 aromatic heterocycles. The van der Waals surface area contributed by atoms with Gasteiger partial charge in [-0.25, -0.2) is 4.79 Å². The van der Waals surface area contributed by atoms with E-state index in [4.69, 9.17) is 9.47 Å². The molecule has 0 aliphatic rings. The van der Waals surface area contributed by atoms with Crippen molar-refractivity contribution < 1.29 is 14.3 Å². The topological polar surface area (TPSA) is 35.5 Å². The third-order valence-corrected chi connectivity index (χ3v) is 3.30. The molecule has 0 amide bonds. The maximum absolute atomic E-state index is 11.6. The SMILES string of the molecule is COC(=O)c1cccc(-c2cccc(OC)c2)c1S. The standard InChI is InChI=1S/C15H14O3S/c1-17-11-6-3-5-10(9-11)12-7-4-8-13(14(12)19)15(16)18-2/h3-9,19H,1-2H3. The van der Waals surface area contributed by atoms with E-state index in [1.165, 1.54) is 7.11 Å². The number of benzene rings is 2. The zero-order chi connectivity index (χ0) is 13.8. The molecule has 0 unspecified atom stereocenters. The van der Waals surface area contributed by atoms with Crippen molar-refractivity contribution in [3.8, 4) is 16.9 Å². The van der Waals surface area contributed by atoms with Crippen molar-refractivity contribution in [1.29, 1.82) is 0 Å². The van der Waals surface area contributed by atoms with Gasteiger partial charge in [0.25, 0.3) is 0 Å². The molecule has 4 heteroatoms. The molecule has 0 radical (unpaired) electrons. The first-order chi connectivity index (χ1) is 9.17. The van der Waals surface area contributed by atoms with Gasteiger partial charge in [0.15, 0.2) is 0 Å². The average Bonchev–Trinajstić information content (AvgIpc) is 2.46. The van der Waals surface area contributed by atoms with Crippen molar-refractivity contribution in [2.24, 2.45) is 0 Å². The van der Waals surface area contributed by atoms with E-state index in [0.717, 1.165) is 16.9 Å². The van der Waals surface area contributed by atoms with Crippen LogP contribution in [0.4, 0.5) is 0 Å². The minimum Gasteiger partial charge on any atom is -0.497 e. The Morgan fingerprint density at radius 2 is 1.84 bits per heavy atom. The summed E-state index contributed by atoms with van der Waals surface area (Å²) in [7, 11) is 2.97. The van der Waals surface area contributed by atoms with Crippen LogP contribution in [0.1, 0.15) is 10.4 Å². The zero-order valence-corrected chi connectivity index (χ0v) is 11.6. The smallest absolute Gasteiger partial charge is 0.339 e. The Labute approximate surface area is 117 Å². The van der Waals surface area contributed by atoms with E-state index in [9.17, 15) is 4.79 Å². The lowest BCUT2D eigenvalue weighted by molar-refractivity contribution is 0.0597. The third-order valence-electron chi connectivity index (χ3n) is 2.82. The summed E-state index contributed by atoms with van der Waals surface area (Å²) in [6.45, 7) is 0. The second-order valence-corrected chi connectivity index (χ2v) is 4.37. The monoisotopic (exact) mass is 274 g/mol. The molecule has 98 valence electrons. The van der Waals surface area contributed by atoms with Crippen molar-refractivity contribution in [3.05, 3.63) is 48.0 Å². The summed E-state index contributed by atoms with van der Waals surface area (Å²) in [5.74, 6) is 0.364. The predicted octanol–water partition coefficient (Wildman–Crippen LogP) is 3.44. The summed E-state index contributed by atoms with van der Waals surface area (Å²) in [6, 6.07) is 13.0. The van der Waals surface area contributed by atoms with Crippen LogP contribution in [0.5, 0.6) is 5.75 Å². The molecule has 2 rings (SSSR count). The zero-order valence-electron chi connectivity index (χ0n) is 10.7. The first kappa shape index (κ1) is 13.5. The van der Waals surface area contributed by atoms with Crippen LogP contribution in [-0.2, 0) is 4.74 Å². The first-order valence-corrected chi connectivity index (χ1v) is 6.17. The summed E-state index contributed by atoms with van der Waals surface area (Å²) in [4.78, 5) is 12.2. The number of ether oxygens (including phenoxy) is 2. The van der Waals surface area contributed by atoms with Gasteiger partial charge in [-0.1, -0.05) is 24.3 Å². The number of esters is 1. The molecule has 0 fully saturated rings. The highest BCUT2D eigenvalue weighted by atomic mass is 32.1. The van der Waals surface area contributed by atoms with Crippen molar-refractivity contribution >= 4 is 18.6 Å². The van der Waals surface area contributed by atoms with E-state index in [1.54, 1.807) is 19.2 Å². The second-order valence-electron chi connectivity index (χ2n) is 3.93. The van der Waals surface area contributed by atoms with Gasteiger partial charge in [-0.15, -0.1) is 12.6 Å². The van der Waals surface area contributed by atoms with Crippen LogP contribution in [-0.4, -0.2) is 20.2 Å². The fourth-order valence-electron chi connectivity index (χ4n) is 1.84. The predicted molar refractivity (Wildman–Crippen MR) is 77.0 cm³/mol. The van der Waals surface area contributed by atoms with Crippen LogP contribution >= 0.6 is 12.6 Å². The quantitative estimate of drug-likeness (QED) is 0.688. The van der Waals surface area contributed by atoms with E-state index in [0.29, 0.717) is 10.5 Å². The Morgan fingerprint density at radius 3 is 2.53 bits per heavy atom. The van der Waals surface area contributed by atoms with Crippen molar-refractivity contribution in [3.63, 3.8) is 0 Å². The molecule has 0 bridgehead atoms. The van der Waals surface area contributed by atoms with Crippen LogP contribution in [0.15, 0.2) is 47.4 Å². The van der Waals surface area contributed by atoms with Gasteiger partial charge in [0, 0.05) is 4.90 Å². The second kappa shape index (κ2) is 5.80. The molecule has 0 spiro atoms. The molecule has 3 nitrogen and oxygen atoms in total. The van der Waals surface area contributed by atoms with E-state index < -0.39 is 5.97 Å². The molecular weight excluding hydrogens is 260 g/mol. The number of thiol groups is 1. The number of hydrogen-bond donors (Lipinski definition) is 1. The van der Waals surface area contributed by atoms with Gasteiger partial charge < -0.3 is 9.47 Å². The maximum Gasteiger partial charge on any atom is 0.339 e. The van der Waals surface area contributed by atoms with Crippen LogP contribution in [0.2, 0.25) is 0 Å². The van der Waals surface area contributed by atoms with E-state index in [-0.39, 0.29) is 0 Å². The minimum absolute atomic E-state index is 0.394. The van der Waals surface area contributed by atoms with Crippen molar-refractivity contribution in [2.75, 3.05) is 14.2 Å². The molecule has 0 atom stereocenters. The van der Waals surface area contributed by atoms with Crippen molar-refractivity contribution in [2.45, 2.75) is 4.90 Å². The van der Waals surface area contributed by atoms with Gasteiger partial charge in [0.05, 0.1) is 19.8 Å². The molecule has 0 aliphatic carbocycles. The van der Waals surface area contributed by atoms with Crippen LogP contribution < -0.4 is 4.74 Å². The molecule has 2 aromatic carbocycles. The lowest BCUT2D eigenvalue weighted by Crippen LogP contribution is -2.03. The molecule has 2 aromatic rings. The highest BCUT2D eigenvalue weighted by molar-refractivity contribution is 7.80. The number of carbonyl (C=O) groups excluding carboxylic acids is 1. The Balaban J connectivity index is 2.53. The minimum atomic E-state index is -0.394. The fourth-order valence-corrected chi connectivity index (χ4v) is 2.21. The molecular formula is C15H14O3S. The first-order valence-electron chi connectivity index (χ1n) is 5.72. The molecule has 0 saturated heterocycles. The Morgan fingerprint density at radius 1 is 1.11 bits per heavy atom. The van der Waals surface area contributed by atoms with Crippen LogP contribution in [0.3, 0.4) is 0 Å². The Hall–Kier alpha value is -1.94. The highest BCUT2D eigenvalue weighted by Crippen LogP contribution is 2.31. The molecule has 0 saturated carbocycles. The van der Waals surface area contributed by atoms with E-state index in [2.05, 4.69) is 12.6 Å². The highest BCUT2D eigenvalue weighted by Gasteiger charge is 2.13. The van der Waals surface area contributed by atoms with Crippen molar-refractivity contribution in [1.82, 2.24) is 0 Å². The molecule has 0 heterocycles. The van der Waals surface area contributed by atoms with Crippen LogP contribution in [0, 0.1) is 0 Å². The fraction of sp³-hybridized carbons (Fsp3) is 0.133. The summed E-state index contributed by atoms with van der Waals surface area (Å²) >= 11 is 4.44. The molecule has 0 aliphatic heterocycles. The third kappa shape index (κ3) is 2.74. The Kier molecular flexibility index (Phi) is 4.12. The van der Waals surface area contributed by atoms with Gasteiger partial charge in [0.2, 0.25) is 0 Å². The van der Waals surface area contributed by atoms with Gasteiger partial charge in [-0.3, -0.25) is 0 Å². The van der Waals surface area contributed by atoms with E-state index in [1.807, 2.05) is 30.3 Å². The lowest BCUT2D eigenvalue weighted by atomic mass is 10.0. The number of carbonyl (C=O) groups is 1. The summed E-state index contributed by atoms with van der Waals surface area (Å²) < 4.78 is 9.94. The number of rotatable bonds is 3. The summed E-state index contributed by atoms with van der Waals surface area (Å²) in [5, 5.41) is 0. The lowest BCUT2D eigenvalue weighted by Gasteiger charge is -2.10.